The van der Waals surface area contributed by atoms with E-state index in [0.717, 1.165) is 25.8 Å². The van der Waals surface area contributed by atoms with Gasteiger partial charge in [-0.05, 0) is 45.4 Å². The number of fused-ring (bicyclic) bond motifs is 1. The molecule has 19 heavy (non-hydrogen) atoms. The van der Waals surface area contributed by atoms with E-state index in [1.165, 1.54) is 0 Å². The number of hydrogen-bond donors (Lipinski definition) is 2. The second-order valence-corrected chi connectivity index (χ2v) is 6.87. The van der Waals surface area contributed by atoms with Gasteiger partial charge in [-0.1, -0.05) is 6.42 Å². The van der Waals surface area contributed by atoms with Crippen LogP contribution in [0, 0.1) is 11.8 Å². The second kappa shape index (κ2) is 5.12. The van der Waals surface area contributed by atoms with Crippen LogP contribution >= 0.6 is 0 Å². The fourth-order valence-electron chi connectivity index (χ4n) is 3.54. The monoisotopic (exact) mass is 268 g/mol. The number of carboxylic acids is 1. The molecule has 2 fully saturated rings. The number of aliphatic carboxylic acids is 1. The standard InChI is InChI=1S/C14H24N2O3/c1-14(2,3)15-11(17)8-16-7-9-5-4-6-10(9)12(16)13(18)19/h9-10,12H,4-8H2,1-3H3,(H,15,17)(H,18,19). The van der Waals surface area contributed by atoms with Gasteiger partial charge in [-0.2, -0.15) is 0 Å². The first kappa shape index (κ1) is 14.3. The Labute approximate surface area is 114 Å². The highest BCUT2D eigenvalue weighted by Crippen LogP contribution is 2.42. The van der Waals surface area contributed by atoms with Gasteiger partial charge in [0.1, 0.15) is 6.04 Å². The fourth-order valence-corrected chi connectivity index (χ4v) is 3.54. The van der Waals surface area contributed by atoms with Crippen LogP contribution < -0.4 is 5.32 Å². The first-order chi connectivity index (χ1) is 8.78. The van der Waals surface area contributed by atoms with E-state index in [-0.39, 0.29) is 23.9 Å². The predicted octanol–water partition coefficient (Wildman–Crippen LogP) is 1.09. The zero-order chi connectivity index (χ0) is 14.2. The van der Waals surface area contributed by atoms with Crippen LogP contribution in [0.15, 0.2) is 0 Å². The summed E-state index contributed by atoms with van der Waals surface area (Å²) in [7, 11) is 0. The molecule has 1 saturated carbocycles. The third-order valence-corrected chi connectivity index (χ3v) is 4.10. The van der Waals surface area contributed by atoms with E-state index < -0.39 is 12.0 Å². The summed E-state index contributed by atoms with van der Waals surface area (Å²) in [6.07, 6.45) is 3.21. The molecule has 3 unspecified atom stereocenters. The van der Waals surface area contributed by atoms with E-state index in [4.69, 9.17) is 0 Å². The van der Waals surface area contributed by atoms with E-state index in [1.54, 1.807) is 0 Å². The molecule has 1 heterocycles. The van der Waals surface area contributed by atoms with Crippen molar-refractivity contribution < 1.29 is 14.7 Å². The van der Waals surface area contributed by atoms with Gasteiger partial charge < -0.3 is 10.4 Å². The minimum atomic E-state index is -0.780. The van der Waals surface area contributed by atoms with Crippen LogP contribution in [0.5, 0.6) is 0 Å². The lowest BCUT2D eigenvalue weighted by atomic mass is 9.94. The summed E-state index contributed by atoms with van der Waals surface area (Å²) >= 11 is 0. The molecule has 1 aliphatic heterocycles. The average Bonchev–Trinajstić information content (AvgIpc) is 2.72. The smallest absolute Gasteiger partial charge is 0.321 e. The van der Waals surface area contributed by atoms with Gasteiger partial charge in [0.05, 0.1) is 6.54 Å². The van der Waals surface area contributed by atoms with E-state index in [2.05, 4.69) is 5.32 Å². The molecule has 1 saturated heterocycles. The Morgan fingerprint density at radius 3 is 2.58 bits per heavy atom. The summed E-state index contributed by atoms with van der Waals surface area (Å²) < 4.78 is 0. The number of carbonyl (C=O) groups is 2. The number of nitrogens with one attached hydrogen (secondary N) is 1. The summed E-state index contributed by atoms with van der Waals surface area (Å²) in [6.45, 7) is 6.73. The highest BCUT2D eigenvalue weighted by Gasteiger charge is 2.48. The first-order valence-corrected chi connectivity index (χ1v) is 7.06. The van der Waals surface area contributed by atoms with E-state index in [9.17, 15) is 14.7 Å². The molecule has 3 atom stereocenters. The molecule has 5 nitrogen and oxygen atoms in total. The molecule has 2 N–H and O–H groups in total. The summed E-state index contributed by atoms with van der Waals surface area (Å²) in [5, 5.41) is 12.3. The van der Waals surface area contributed by atoms with Crippen LogP contribution in [0.2, 0.25) is 0 Å². The molecule has 108 valence electrons. The minimum Gasteiger partial charge on any atom is -0.480 e. The summed E-state index contributed by atoms with van der Waals surface area (Å²) in [6, 6.07) is -0.474. The molecule has 2 rings (SSSR count). The zero-order valence-electron chi connectivity index (χ0n) is 12.0. The molecule has 0 aromatic carbocycles. The van der Waals surface area contributed by atoms with Crippen LogP contribution in [0.3, 0.4) is 0 Å². The Balaban J connectivity index is 2.00. The predicted molar refractivity (Wildman–Crippen MR) is 71.7 cm³/mol. The fraction of sp³-hybridized carbons (Fsp3) is 0.857. The van der Waals surface area contributed by atoms with E-state index in [1.807, 2.05) is 25.7 Å². The van der Waals surface area contributed by atoms with Crippen LogP contribution in [0.25, 0.3) is 0 Å². The number of nitrogens with zero attached hydrogens (tertiary/aromatic N) is 1. The Morgan fingerprint density at radius 1 is 1.32 bits per heavy atom. The van der Waals surface area contributed by atoms with Crippen molar-refractivity contribution in [3.8, 4) is 0 Å². The summed E-state index contributed by atoms with van der Waals surface area (Å²) in [4.78, 5) is 25.2. The Bertz CT molecular complexity index is 375. The maximum Gasteiger partial charge on any atom is 0.321 e. The third-order valence-electron chi connectivity index (χ3n) is 4.10. The van der Waals surface area contributed by atoms with E-state index in [0.29, 0.717) is 5.92 Å². The highest BCUT2D eigenvalue weighted by atomic mass is 16.4. The van der Waals surface area contributed by atoms with Crippen LogP contribution in [0.4, 0.5) is 0 Å². The van der Waals surface area contributed by atoms with Crippen molar-refractivity contribution in [2.24, 2.45) is 11.8 Å². The quantitative estimate of drug-likeness (QED) is 0.804. The summed E-state index contributed by atoms with van der Waals surface area (Å²) in [5.74, 6) is -0.167. The molecule has 5 heteroatoms. The second-order valence-electron chi connectivity index (χ2n) is 6.87. The lowest BCUT2D eigenvalue weighted by Gasteiger charge is -2.26. The Morgan fingerprint density at radius 2 is 2.00 bits per heavy atom. The average molecular weight is 268 g/mol. The SMILES string of the molecule is CC(C)(C)NC(=O)CN1CC2CCCC2C1C(=O)O. The van der Waals surface area contributed by atoms with Crippen molar-refractivity contribution in [2.45, 2.75) is 51.6 Å². The lowest BCUT2D eigenvalue weighted by molar-refractivity contribution is -0.144. The van der Waals surface area contributed by atoms with Crippen molar-refractivity contribution in [3.05, 3.63) is 0 Å². The number of likely N-dealkylation sites (tertiary alicyclic amines) is 1. The molecule has 0 spiro atoms. The van der Waals surface area contributed by atoms with Gasteiger partial charge in [0.15, 0.2) is 0 Å². The molecule has 0 aromatic rings. The van der Waals surface area contributed by atoms with Crippen LogP contribution in [-0.2, 0) is 9.59 Å². The van der Waals surface area contributed by atoms with Gasteiger partial charge in [-0.15, -0.1) is 0 Å². The molecule has 2 aliphatic rings. The number of carbonyl (C=O) groups excluding carboxylic acids is 1. The number of amides is 1. The highest BCUT2D eigenvalue weighted by molar-refractivity contribution is 5.81. The molecule has 0 aromatic heterocycles. The topological polar surface area (TPSA) is 69.6 Å². The van der Waals surface area contributed by atoms with Gasteiger partial charge in [0, 0.05) is 12.1 Å². The lowest BCUT2D eigenvalue weighted by Crippen LogP contribution is -2.49. The van der Waals surface area contributed by atoms with Crippen LogP contribution in [-0.4, -0.2) is 46.6 Å². The van der Waals surface area contributed by atoms with Crippen molar-refractivity contribution >= 4 is 11.9 Å². The molecule has 1 amide bonds. The maximum absolute atomic E-state index is 12.0. The largest absolute Gasteiger partial charge is 0.480 e. The maximum atomic E-state index is 12.0. The molecular weight excluding hydrogens is 244 g/mol. The van der Waals surface area contributed by atoms with Crippen molar-refractivity contribution in [1.82, 2.24) is 10.2 Å². The van der Waals surface area contributed by atoms with Gasteiger partial charge in [0.2, 0.25) is 5.91 Å². The molecule has 0 bridgehead atoms. The number of carboxylic acid groups (broad SMARTS) is 1. The molecule has 1 aliphatic carbocycles. The van der Waals surface area contributed by atoms with Crippen molar-refractivity contribution in [1.29, 1.82) is 0 Å². The number of hydrogen-bond acceptors (Lipinski definition) is 3. The molecule has 0 radical (unpaired) electrons. The molecular formula is C14H24N2O3. The van der Waals surface area contributed by atoms with Gasteiger partial charge >= 0.3 is 5.97 Å². The number of rotatable bonds is 3. The minimum absolute atomic E-state index is 0.0845. The van der Waals surface area contributed by atoms with Gasteiger partial charge in [-0.3, -0.25) is 14.5 Å². The zero-order valence-corrected chi connectivity index (χ0v) is 12.0. The Hall–Kier alpha value is -1.10. The summed E-state index contributed by atoms with van der Waals surface area (Å²) in [5.41, 5.74) is -0.272. The van der Waals surface area contributed by atoms with E-state index >= 15 is 0 Å². The van der Waals surface area contributed by atoms with Crippen molar-refractivity contribution in [3.63, 3.8) is 0 Å². The Kier molecular flexibility index (Phi) is 3.85. The van der Waals surface area contributed by atoms with Gasteiger partial charge in [0.25, 0.3) is 0 Å². The van der Waals surface area contributed by atoms with Gasteiger partial charge in [-0.25, -0.2) is 0 Å². The third kappa shape index (κ3) is 3.26. The van der Waals surface area contributed by atoms with Crippen LogP contribution in [0.1, 0.15) is 40.0 Å². The first-order valence-electron chi connectivity index (χ1n) is 7.06. The van der Waals surface area contributed by atoms with Crippen molar-refractivity contribution in [2.75, 3.05) is 13.1 Å². The normalized spacial score (nSPS) is 31.2.